The van der Waals surface area contributed by atoms with Gasteiger partial charge in [0.2, 0.25) is 0 Å². The van der Waals surface area contributed by atoms with Gasteiger partial charge in [-0.2, -0.15) is 4.98 Å². The van der Waals surface area contributed by atoms with E-state index in [0.29, 0.717) is 17.6 Å². The number of aliphatic hydroxyl groups is 2. The zero-order valence-electron chi connectivity index (χ0n) is 9.35. The van der Waals surface area contributed by atoms with E-state index in [4.69, 9.17) is 9.84 Å². The normalized spacial score (nSPS) is 28.0. The fourth-order valence-corrected chi connectivity index (χ4v) is 2.12. The molecule has 0 radical (unpaired) electrons. The molecule has 2 aromatic rings. The van der Waals surface area contributed by atoms with Crippen LogP contribution in [0.15, 0.2) is 17.3 Å². The van der Waals surface area contributed by atoms with Gasteiger partial charge in [-0.15, -0.1) is 0 Å². The minimum Gasteiger partial charge on any atom is -0.394 e. The number of hydrogen-bond donors (Lipinski definition) is 3. The van der Waals surface area contributed by atoms with Crippen molar-refractivity contribution in [2.45, 2.75) is 24.9 Å². The van der Waals surface area contributed by atoms with E-state index in [1.165, 1.54) is 12.5 Å². The first-order valence-corrected chi connectivity index (χ1v) is 5.55. The third-order valence-electron chi connectivity index (χ3n) is 3.05. The second kappa shape index (κ2) is 4.16. The minimum absolute atomic E-state index is 0.248. The van der Waals surface area contributed by atoms with Crippen LogP contribution in [-0.4, -0.2) is 48.5 Å². The van der Waals surface area contributed by atoms with Crippen LogP contribution in [0.5, 0.6) is 0 Å². The van der Waals surface area contributed by atoms with Crippen molar-refractivity contribution >= 4 is 11.2 Å². The predicted molar refractivity (Wildman–Crippen MR) is 59.8 cm³/mol. The van der Waals surface area contributed by atoms with Gasteiger partial charge < -0.3 is 14.9 Å². The Kier molecular flexibility index (Phi) is 2.62. The van der Waals surface area contributed by atoms with Crippen molar-refractivity contribution in [3.05, 3.63) is 23.0 Å². The first-order valence-electron chi connectivity index (χ1n) is 5.55. The molecule has 0 bridgehead atoms. The molecule has 18 heavy (non-hydrogen) atoms. The van der Waals surface area contributed by atoms with Crippen molar-refractivity contribution in [1.29, 1.82) is 0 Å². The van der Waals surface area contributed by atoms with Gasteiger partial charge in [0.05, 0.1) is 25.2 Å². The highest BCUT2D eigenvalue weighted by Crippen LogP contribution is 2.30. The lowest BCUT2D eigenvalue weighted by Gasteiger charge is -2.13. The third kappa shape index (κ3) is 1.70. The summed E-state index contributed by atoms with van der Waals surface area (Å²) < 4.78 is 7.12. The summed E-state index contributed by atoms with van der Waals surface area (Å²) in [5.74, 6) is 0. The smallest absolute Gasteiger partial charge is 0.346 e. The standard InChI is InChI=1S/C10H12N4O4/c15-3-7-6(16)1-8(18-7)14-4-12-5-2-11-10(17)13-9(5)14/h2,4,6-8,15-16H,1,3H2,(H,11,13,17)/t6-,7+,8-/m1/s1. The highest BCUT2D eigenvalue weighted by molar-refractivity contribution is 5.68. The lowest BCUT2D eigenvalue weighted by Crippen LogP contribution is -2.24. The Hall–Kier alpha value is -1.77. The number of ether oxygens (including phenoxy) is 1. The Balaban J connectivity index is 2.00. The SMILES string of the molecule is O=c1ncc2ncn([C@H]3C[C@@H](O)[C@H](CO)O3)c2[nH]1. The van der Waals surface area contributed by atoms with Crippen LogP contribution >= 0.6 is 0 Å². The van der Waals surface area contributed by atoms with E-state index in [2.05, 4.69) is 15.0 Å². The highest BCUT2D eigenvalue weighted by atomic mass is 16.5. The molecule has 1 fully saturated rings. The first-order chi connectivity index (χ1) is 8.69. The molecule has 0 aromatic carbocycles. The van der Waals surface area contributed by atoms with Crippen LogP contribution in [0.1, 0.15) is 12.6 Å². The number of aromatic nitrogens is 4. The molecule has 8 nitrogen and oxygen atoms in total. The van der Waals surface area contributed by atoms with Gasteiger partial charge in [-0.25, -0.2) is 9.78 Å². The minimum atomic E-state index is -0.731. The molecule has 3 N–H and O–H groups in total. The summed E-state index contributed by atoms with van der Waals surface area (Å²) in [6, 6.07) is 0. The van der Waals surface area contributed by atoms with Gasteiger partial charge in [-0.05, 0) is 0 Å². The highest BCUT2D eigenvalue weighted by Gasteiger charge is 2.35. The monoisotopic (exact) mass is 252 g/mol. The molecule has 96 valence electrons. The number of hydrogen-bond acceptors (Lipinski definition) is 6. The van der Waals surface area contributed by atoms with E-state index in [1.54, 1.807) is 4.57 Å². The number of aromatic amines is 1. The number of H-pyrrole nitrogens is 1. The van der Waals surface area contributed by atoms with Gasteiger partial charge in [0.1, 0.15) is 23.5 Å². The third-order valence-corrected chi connectivity index (χ3v) is 3.05. The number of fused-ring (bicyclic) bond motifs is 1. The van der Waals surface area contributed by atoms with Crippen LogP contribution in [0.4, 0.5) is 0 Å². The van der Waals surface area contributed by atoms with Crippen molar-refractivity contribution in [2.24, 2.45) is 0 Å². The van der Waals surface area contributed by atoms with Crippen LogP contribution < -0.4 is 5.69 Å². The molecule has 3 heterocycles. The van der Waals surface area contributed by atoms with E-state index >= 15 is 0 Å². The molecular weight excluding hydrogens is 240 g/mol. The Morgan fingerprint density at radius 2 is 2.39 bits per heavy atom. The fourth-order valence-electron chi connectivity index (χ4n) is 2.12. The molecule has 3 rings (SSSR count). The Bertz CT molecular complexity index is 622. The molecule has 0 amide bonds. The number of imidazole rings is 1. The lowest BCUT2D eigenvalue weighted by molar-refractivity contribution is -0.0432. The summed E-state index contributed by atoms with van der Waals surface area (Å²) in [6.45, 7) is -0.248. The predicted octanol–water partition coefficient (Wildman–Crippen LogP) is -1.24. The summed E-state index contributed by atoms with van der Waals surface area (Å²) in [7, 11) is 0. The van der Waals surface area contributed by atoms with Crippen molar-refractivity contribution in [2.75, 3.05) is 6.61 Å². The molecule has 1 aliphatic rings. The molecular formula is C10H12N4O4. The maximum Gasteiger partial charge on any atom is 0.346 e. The van der Waals surface area contributed by atoms with Gasteiger partial charge in [-0.3, -0.25) is 9.55 Å². The summed E-state index contributed by atoms with van der Waals surface area (Å²) >= 11 is 0. The molecule has 0 unspecified atom stereocenters. The molecule has 8 heteroatoms. The molecule has 1 aliphatic heterocycles. The van der Waals surface area contributed by atoms with Crippen LogP contribution in [-0.2, 0) is 4.74 Å². The second-order valence-electron chi connectivity index (χ2n) is 4.19. The number of nitrogens with zero attached hydrogens (tertiary/aromatic N) is 3. The van der Waals surface area contributed by atoms with Crippen LogP contribution in [0.25, 0.3) is 11.2 Å². The van der Waals surface area contributed by atoms with E-state index < -0.39 is 24.1 Å². The topological polar surface area (TPSA) is 113 Å². The van der Waals surface area contributed by atoms with E-state index in [-0.39, 0.29) is 6.61 Å². The van der Waals surface area contributed by atoms with E-state index in [1.807, 2.05) is 0 Å². The largest absolute Gasteiger partial charge is 0.394 e. The number of rotatable bonds is 2. The molecule has 0 aliphatic carbocycles. The Morgan fingerprint density at radius 3 is 3.11 bits per heavy atom. The van der Waals surface area contributed by atoms with Crippen molar-refractivity contribution in [3.63, 3.8) is 0 Å². The molecule has 1 saturated heterocycles. The average molecular weight is 252 g/mol. The van der Waals surface area contributed by atoms with Gasteiger partial charge >= 0.3 is 5.69 Å². The van der Waals surface area contributed by atoms with E-state index in [9.17, 15) is 9.90 Å². The first kappa shape index (κ1) is 11.3. The average Bonchev–Trinajstić information content (AvgIpc) is 2.91. The Morgan fingerprint density at radius 1 is 1.56 bits per heavy atom. The summed E-state index contributed by atoms with van der Waals surface area (Å²) in [5, 5.41) is 18.7. The van der Waals surface area contributed by atoms with Gasteiger partial charge in [0.25, 0.3) is 0 Å². The summed E-state index contributed by atoms with van der Waals surface area (Å²) in [5.41, 5.74) is 0.562. The fraction of sp³-hybridized carbons (Fsp3) is 0.500. The summed E-state index contributed by atoms with van der Waals surface area (Å²) in [4.78, 5) is 21.4. The quantitative estimate of drug-likeness (QED) is 0.616. The maximum atomic E-state index is 11.2. The van der Waals surface area contributed by atoms with Crippen LogP contribution in [0.2, 0.25) is 0 Å². The Labute approximate surface area is 101 Å². The van der Waals surface area contributed by atoms with Crippen molar-refractivity contribution in [1.82, 2.24) is 19.5 Å². The zero-order chi connectivity index (χ0) is 12.7. The van der Waals surface area contributed by atoms with Gasteiger partial charge in [0.15, 0.2) is 0 Å². The van der Waals surface area contributed by atoms with E-state index in [0.717, 1.165) is 0 Å². The zero-order valence-corrected chi connectivity index (χ0v) is 9.35. The molecule has 0 spiro atoms. The molecule has 0 saturated carbocycles. The van der Waals surface area contributed by atoms with Crippen molar-refractivity contribution < 1.29 is 14.9 Å². The maximum absolute atomic E-state index is 11.2. The second-order valence-corrected chi connectivity index (χ2v) is 4.19. The number of aliphatic hydroxyl groups excluding tert-OH is 2. The van der Waals surface area contributed by atoms with Gasteiger partial charge in [-0.1, -0.05) is 0 Å². The summed E-state index contributed by atoms with van der Waals surface area (Å²) in [6.07, 6.45) is 1.42. The lowest BCUT2D eigenvalue weighted by atomic mass is 10.2. The number of nitrogens with one attached hydrogen (secondary N) is 1. The molecule has 2 aromatic heterocycles. The van der Waals surface area contributed by atoms with Gasteiger partial charge in [0, 0.05) is 6.42 Å². The molecule has 3 atom stereocenters. The van der Waals surface area contributed by atoms with Crippen LogP contribution in [0.3, 0.4) is 0 Å². The van der Waals surface area contributed by atoms with Crippen molar-refractivity contribution in [3.8, 4) is 0 Å². The van der Waals surface area contributed by atoms with Crippen LogP contribution in [0, 0.1) is 0 Å².